The molecule has 14 unspecified atom stereocenters. The van der Waals surface area contributed by atoms with E-state index in [1.165, 1.54) is 63.4 Å². The van der Waals surface area contributed by atoms with Crippen molar-refractivity contribution in [2.24, 2.45) is 52.3 Å². The van der Waals surface area contributed by atoms with E-state index in [9.17, 15) is 20.1 Å². The Kier molecular flexibility index (Phi) is 19.5. The van der Waals surface area contributed by atoms with Crippen molar-refractivity contribution in [1.82, 2.24) is 0 Å². The molecule has 0 aromatic carbocycles. The van der Waals surface area contributed by atoms with Crippen LogP contribution in [0.4, 0.5) is 0 Å². The van der Waals surface area contributed by atoms with Gasteiger partial charge in [0, 0.05) is 6.42 Å². The molecule has 0 radical (unpaired) electrons. The smallest absolute Gasteiger partial charge is 0.305 e. The van der Waals surface area contributed by atoms with Crippen LogP contribution in [0.5, 0.6) is 0 Å². The third-order valence-corrected chi connectivity index (χ3v) is 16.5. The van der Waals surface area contributed by atoms with Gasteiger partial charge in [-0.25, -0.2) is 0 Å². The first kappa shape index (κ1) is 49.2. The summed E-state index contributed by atoms with van der Waals surface area (Å²) in [5.74, 6) is 4.52. The molecule has 1 heterocycles. The second kappa shape index (κ2) is 23.8. The normalized spacial score (nSPS) is 36.7. The van der Waals surface area contributed by atoms with Crippen LogP contribution >= 0.6 is 0 Å². The average molecular weight is 837 g/mol. The first-order valence-corrected chi connectivity index (χ1v) is 25.0. The van der Waals surface area contributed by atoms with Crippen molar-refractivity contribution in [3.8, 4) is 0 Å². The lowest BCUT2D eigenvalue weighted by Crippen LogP contribution is -2.60. The number of aliphatic hydroxyl groups excluding tert-OH is 3. The van der Waals surface area contributed by atoms with Crippen molar-refractivity contribution >= 4 is 5.97 Å². The molecule has 3 N–H and O–H groups in total. The van der Waals surface area contributed by atoms with Crippen molar-refractivity contribution in [1.29, 1.82) is 0 Å². The van der Waals surface area contributed by atoms with E-state index in [0.717, 1.165) is 88.4 Å². The van der Waals surface area contributed by atoms with Crippen molar-refractivity contribution in [3.05, 3.63) is 48.1 Å². The van der Waals surface area contributed by atoms with Crippen molar-refractivity contribution in [2.75, 3.05) is 6.61 Å². The number of hydrogen-bond acceptors (Lipinski definition) is 7. The third kappa shape index (κ3) is 12.7. The minimum absolute atomic E-state index is 0.153. The number of rotatable bonds is 23. The molecular formula is C53H88O7. The molecule has 1 saturated heterocycles. The molecule has 7 nitrogen and oxygen atoms in total. The van der Waals surface area contributed by atoms with Crippen molar-refractivity contribution in [3.63, 3.8) is 0 Å². The van der Waals surface area contributed by atoms with Gasteiger partial charge in [0.05, 0.1) is 6.10 Å². The van der Waals surface area contributed by atoms with Gasteiger partial charge in [-0.15, -0.1) is 0 Å². The minimum atomic E-state index is -1.45. The fourth-order valence-corrected chi connectivity index (χ4v) is 12.2. The molecule has 3 saturated carbocycles. The fourth-order valence-electron chi connectivity index (χ4n) is 12.2. The van der Waals surface area contributed by atoms with Crippen molar-refractivity contribution in [2.45, 2.75) is 220 Å². The lowest BCUT2D eigenvalue weighted by atomic mass is 9.47. The quantitative estimate of drug-likeness (QED) is 0.0535. The first-order valence-electron chi connectivity index (χ1n) is 25.0. The van der Waals surface area contributed by atoms with Gasteiger partial charge in [-0.05, 0) is 142 Å². The number of aliphatic hydroxyl groups is 3. The van der Waals surface area contributed by atoms with E-state index in [4.69, 9.17) is 14.2 Å². The highest BCUT2D eigenvalue weighted by Gasteiger charge is 2.59. The molecule has 0 spiro atoms. The van der Waals surface area contributed by atoms with E-state index in [2.05, 4.69) is 91.0 Å². The molecule has 4 aliphatic carbocycles. The Labute approximate surface area is 366 Å². The lowest BCUT2D eigenvalue weighted by molar-refractivity contribution is -0.313. The molecule has 5 aliphatic rings. The molecule has 60 heavy (non-hydrogen) atoms. The second-order valence-electron chi connectivity index (χ2n) is 20.9. The summed E-state index contributed by atoms with van der Waals surface area (Å²) in [5.41, 5.74) is 2.04. The lowest BCUT2D eigenvalue weighted by Gasteiger charge is -2.58. The van der Waals surface area contributed by atoms with Gasteiger partial charge in [0.1, 0.15) is 31.0 Å². The van der Waals surface area contributed by atoms with Crippen LogP contribution in [0.3, 0.4) is 0 Å². The summed E-state index contributed by atoms with van der Waals surface area (Å²) in [6, 6.07) is 0. The Hall–Kier alpha value is -1.77. The van der Waals surface area contributed by atoms with E-state index in [-0.39, 0.29) is 24.1 Å². The second-order valence-corrected chi connectivity index (χ2v) is 20.9. The molecular weight excluding hydrogens is 749 g/mol. The Bertz CT molecular complexity index is 1420. The fraction of sp³-hybridized carbons (Fsp3) is 0.830. The summed E-state index contributed by atoms with van der Waals surface area (Å²) in [7, 11) is 0. The van der Waals surface area contributed by atoms with Crippen LogP contribution in [0, 0.1) is 52.3 Å². The zero-order valence-electron chi connectivity index (χ0n) is 39.1. The van der Waals surface area contributed by atoms with Gasteiger partial charge in [0.25, 0.3) is 0 Å². The number of carbonyl (C=O) groups excluding carboxylic acids is 1. The summed E-state index contributed by atoms with van der Waals surface area (Å²) in [5, 5.41) is 32.5. The topological polar surface area (TPSA) is 105 Å². The highest BCUT2D eigenvalue weighted by Crippen LogP contribution is 2.67. The van der Waals surface area contributed by atoms with Crippen LogP contribution in [0.15, 0.2) is 48.1 Å². The van der Waals surface area contributed by atoms with E-state index in [1.54, 1.807) is 0 Å². The highest BCUT2D eigenvalue weighted by molar-refractivity contribution is 5.69. The number of fused-ring (bicyclic) bond motifs is 5. The maximum atomic E-state index is 12.6. The highest BCUT2D eigenvalue weighted by atomic mass is 16.7. The van der Waals surface area contributed by atoms with E-state index < -0.39 is 30.7 Å². The van der Waals surface area contributed by atoms with Gasteiger partial charge >= 0.3 is 5.97 Å². The van der Waals surface area contributed by atoms with Gasteiger partial charge in [-0.1, -0.05) is 135 Å². The van der Waals surface area contributed by atoms with E-state index >= 15 is 0 Å². The maximum Gasteiger partial charge on any atom is 0.305 e. The zero-order chi connectivity index (χ0) is 43.3. The van der Waals surface area contributed by atoms with Gasteiger partial charge in [-0.2, -0.15) is 0 Å². The number of unbranched alkanes of at least 4 members (excludes halogenated alkanes) is 9. The standard InChI is InChI=1S/C53H88O7/c1-8-9-10-11-12-13-14-15-16-17-18-19-20-21-22-23-24-47(54)58-36-46-48(55)49(56)50(57)51(60-46)59-41-31-33-52(6)40(35-41)27-28-42-44-30-29-43(53(44,7)34-32-45(42)52)39(5)26-25-38(4)37(2)3/h13-14,16-17,25-27,37-39,41-46,48-51,55-57H,8-12,15,18-24,28-36H2,1-7H3/b14-13-,17-16-,26-25+. The Morgan fingerprint density at radius 3 is 2.23 bits per heavy atom. The summed E-state index contributed by atoms with van der Waals surface area (Å²) in [4.78, 5) is 12.6. The Morgan fingerprint density at radius 1 is 0.817 bits per heavy atom. The molecule has 1 aliphatic heterocycles. The van der Waals surface area contributed by atoms with Crippen molar-refractivity contribution < 1.29 is 34.3 Å². The molecule has 0 amide bonds. The zero-order valence-corrected chi connectivity index (χ0v) is 39.1. The van der Waals surface area contributed by atoms with Crippen LogP contribution in [0.1, 0.15) is 183 Å². The molecule has 14 atom stereocenters. The Morgan fingerprint density at radius 2 is 1.52 bits per heavy atom. The monoisotopic (exact) mass is 837 g/mol. The molecule has 0 aromatic rings. The van der Waals surface area contributed by atoms with Gasteiger partial charge in [0.2, 0.25) is 0 Å². The molecule has 4 fully saturated rings. The molecule has 7 heteroatoms. The maximum absolute atomic E-state index is 12.6. The predicted octanol–water partition coefficient (Wildman–Crippen LogP) is 12.0. The van der Waals surface area contributed by atoms with Crippen LogP contribution in [-0.2, 0) is 19.0 Å². The summed E-state index contributed by atoms with van der Waals surface area (Å²) < 4.78 is 18.0. The Balaban J connectivity index is 1.02. The van der Waals surface area contributed by atoms with Crippen LogP contribution in [-0.4, -0.2) is 64.7 Å². The van der Waals surface area contributed by atoms with Crippen LogP contribution in [0.25, 0.3) is 0 Å². The molecule has 0 bridgehead atoms. The van der Waals surface area contributed by atoms with Gasteiger partial charge in [-0.3, -0.25) is 4.79 Å². The molecule has 342 valence electrons. The minimum Gasteiger partial charge on any atom is -0.463 e. The van der Waals surface area contributed by atoms with E-state index in [0.29, 0.717) is 35.5 Å². The van der Waals surface area contributed by atoms with Gasteiger partial charge in [0.15, 0.2) is 6.29 Å². The van der Waals surface area contributed by atoms with Crippen LogP contribution < -0.4 is 0 Å². The summed E-state index contributed by atoms with van der Waals surface area (Å²) in [6.07, 6.45) is 33.3. The summed E-state index contributed by atoms with van der Waals surface area (Å²) >= 11 is 0. The predicted molar refractivity (Wildman–Crippen MR) is 244 cm³/mol. The number of allylic oxidation sites excluding steroid dienone is 7. The number of carbonyl (C=O) groups is 1. The molecule has 5 rings (SSSR count). The third-order valence-electron chi connectivity index (χ3n) is 16.5. The number of esters is 1. The van der Waals surface area contributed by atoms with E-state index in [1.807, 2.05) is 0 Å². The van der Waals surface area contributed by atoms with Crippen LogP contribution in [0.2, 0.25) is 0 Å². The summed E-state index contributed by atoms with van der Waals surface area (Å²) in [6.45, 7) is 16.6. The van der Waals surface area contributed by atoms with Gasteiger partial charge < -0.3 is 29.5 Å². The average Bonchev–Trinajstić information content (AvgIpc) is 3.59. The first-order chi connectivity index (χ1) is 28.8. The molecule has 0 aromatic heterocycles. The number of ether oxygens (including phenoxy) is 3. The largest absolute Gasteiger partial charge is 0.463 e. The SMILES string of the molecule is CCCCCC/C=C\C/C=C\CCCCCCCC(=O)OCC1OC(OC2CCC3(C)C(=CCC4C3CCC3(C)C(C(C)/C=C/C(C)C(C)C)CCC43)C2)C(O)C(O)C1O. The number of hydrogen-bond donors (Lipinski definition) is 3.